The highest BCUT2D eigenvalue weighted by Gasteiger charge is 2.42. The number of hydrogen-bond acceptors (Lipinski definition) is 5. The summed E-state index contributed by atoms with van der Waals surface area (Å²) in [5.41, 5.74) is 11.8. The average Bonchev–Trinajstić information content (AvgIpc) is 2.62. The monoisotopic (exact) mass is 261 g/mol. The van der Waals surface area contributed by atoms with E-state index in [1.165, 1.54) is 12.1 Å². The van der Waals surface area contributed by atoms with Gasteiger partial charge in [-0.25, -0.2) is 4.90 Å². The Morgan fingerprint density at radius 2 is 2.00 bits per heavy atom. The van der Waals surface area contributed by atoms with E-state index in [-0.39, 0.29) is 16.8 Å². The molecule has 1 aliphatic rings. The van der Waals surface area contributed by atoms with Gasteiger partial charge >= 0.3 is 0 Å². The first-order valence-corrected chi connectivity index (χ1v) is 6.05. The Kier molecular flexibility index (Phi) is 3.35. The predicted molar refractivity (Wildman–Crippen MR) is 69.2 cm³/mol. The number of imide groups is 3. The van der Waals surface area contributed by atoms with Gasteiger partial charge in [-0.3, -0.25) is 14.4 Å². The van der Waals surface area contributed by atoms with Crippen LogP contribution in [0.25, 0.3) is 0 Å². The summed E-state index contributed by atoms with van der Waals surface area (Å²) in [6.45, 7) is 1.87. The van der Waals surface area contributed by atoms with E-state index < -0.39 is 23.8 Å². The van der Waals surface area contributed by atoms with E-state index in [4.69, 9.17) is 11.5 Å². The zero-order valence-corrected chi connectivity index (χ0v) is 10.6. The van der Waals surface area contributed by atoms with Crippen molar-refractivity contribution in [3.05, 3.63) is 29.3 Å². The van der Waals surface area contributed by atoms with Crippen molar-refractivity contribution in [3.63, 3.8) is 0 Å². The lowest BCUT2D eigenvalue weighted by molar-refractivity contribution is -0.127. The predicted octanol–water partition coefficient (Wildman–Crippen LogP) is 0.519. The molecule has 19 heavy (non-hydrogen) atoms. The minimum Gasteiger partial charge on any atom is -0.398 e. The summed E-state index contributed by atoms with van der Waals surface area (Å²) in [6.07, 6.45) is 1.11. The number of carbonyl (C=O) groups is 3. The van der Waals surface area contributed by atoms with E-state index in [2.05, 4.69) is 0 Å². The molecular weight excluding hydrogens is 246 g/mol. The number of fused-ring (bicyclic) bond motifs is 1. The maximum absolute atomic E-state index is 12.1. The van der Waals surface area contributed by atoms with E-state index in [0.29, 0.717) is 17.7 Å². The first kappa shape index (κ1) is 13.2. The smallest absolute Gasteiger partial charge is 0.270 e. The van der Waals surface area contributed by atoms with Crippen molar-refractivity contribution in [1.29, 1.82) is 0 Å². The number of nitrogens with two attached hydrogens (primary N) is 2. The number of anilines is 1. The number of nitrogen functional groups attached to an aromatic ring is 1. The standard InChI is InChI=1S/C13H15N3O3/c1-2-4-9(15)12(18)16-11(17)7-5-3-6-8(14)10(7)13(16)19/h3,5-6,9H,2,4,14-15H2,1H3/t9-/m1/s1. The van der Waals surface area contributed by atoms with Crippen molar-refractivity contribution in [2.75, 3.05) is 5.73 Å². The Bertz CT molecular complexity index is 568. The molecule has 0 radical (unpaired) electrons. The van der Waals surface area contributed by atoms with Crippen molar-refractivity contribution in [2.24, 2.45) is 5.73 Å². The van der Waals surface area contributed by atoms with Crippen LogP contribution in [-0.4, -0.2) is 28.7 Å². The molecule has 100 valence electrons. The minimum atomic E-state index is -0.853. The van der Waals surface area contributed by atoms with Gasteiger partial charge in [0.1, 0.15) is 0 Å². The molecule has 0 bridgehead atoms. The quantitative estimate of drug-likeness (QED) is 0.609. The number of benzene rings is 1. The van der Waals surface area contributed by atoms with Gasteiger partial charge in [0, 0.05) is 5.69 Å². The Balaban J connectivity index is 2.38. The molecule has 2 rings (SSSR count). The minimum absolute atomic E-state index is 0.0875. The summed E-state index contributed by atoms with van der Waals surface area (Å²) in [6, 6.07) is 3.71. The van der Waals surface area contributed by atoms with E-state index in [9.17, 15) is 14.4 Å². The summed E-state index contributed by atoms with van der Waals surface area (Å²) < 4.78 is 0. The number of rotatable bonds is 3. The first-order chi connectivity index (χ1) is 8.99. The third-order valence-corrected chi connectivity index (χ3v) is 3.08. The number of hydrogen-bond donors (Lipinski definition) is 2. The van der Waals surface area contributed by atoms with Crippen LogP contribution in [0.5, 0.6) is 0 Å². The van der Waals surface area contributed by atoms with E-state index in [1.54, 1.807) is 6.07 Å². The lowest BCUT2D eigenvalue weighted by Crippen LogP contribution is -2.46. The third-order valence-electron chi connectivity index (χ3n) is 3.08. The van der Waals surface area contributed by atoms with Crippen LogP contribution in [0.3, 0.4) is 0 Å². The molecule has 6 heteroatoms. The molecule has 0 aromatic heterocycles. The number of nitrogens with zero attached hydrogens (tertiary/aromatic N) is 1. The van der Waals surface area contributed by atoms with Gasteiger partial charge in [0.15, 0.2) is 0 Å². The van der Waals surface area contributed by atoms with Gasteiger partial charge in [0.25, 0.3) is 17.7 Å². The average molecular weight is 261 g/mol. The molecule has 1 aromatic rings. The van der Waals surface area contributed by atoms with Crippen LogP contribution in [-0.2, 0) is 4.79 Å². The Morgan fingerprint density at radius 3 is 2.58 bits per heavy atom. The lowest BCUT2D eigenvalue weighted by atomic mass is 10.1. The molecule has 0 fully saturated rings. The van der Waals surface area contributed by atoms with Crippen molar-refractivity contribution < 1.29 is 14.4 Å². The summed E-state index contributed by atoms with van der Waals surface area (Å²) in [7, 11) is 0. The number of amides is 3. The van der Waals surface area contributed by atoms with Crippen molar-refractivity contribution >= 4 is 23.4 Å². The summed E-state index contributed by atoms with van der Waals surface area (Å²) in [4.78, 5) is 36.9. The maximum atomic E-state index is 12.1. The number of carbonyl (C=O) groups excluding carboxylic acids is 3. The van der Waals surface area contributed by atoms with Gasteiger partial charge in [-0.2, -0.15) is 0 Å². The van der Waals surface area contributed by atoms with Gasteiger partial charge < -0.3 is 11.5 Å². The van der Waals surface area contributed by atoms with Crippen LogP contribution >= 0.6 is 0 Å². The van der Waals surface area contributed by atoms with Crippen molar-refractivity contribution in [2.45, 2.75) is 25.8 Å². The summed E-state index contributed by atoms with van der Waals surface area (Å²) >= 11 is 0. The molecule has 0 spiro atoms. The summed E-state index contributed by atoms with van der Waals surface area (Å²) in [5.74, 6) is -2.01. The van der Waals surface area contributed by atoms with Gasteiger partial charge in [-0.15, -0.1) is 0 Å². The van der Waals surface area contributed by atoms with Crippen LogP contribution in [0.15, 0.2) is 18.2 Å². The largest absolute Gasteiger partial charge is 0.398 e. The first-order valence-electron chi connectivity index (χ1n) is 6.05. The maximum Gasteiger partial charge on any atom is 0.270 e. The second-order valence-corrected chi connectivity index (χ2v) is 4.45. The zero-order chi connectivity index (χ0) is 14.2. The molecule has 6 nitrogen and oxygen atoms in total. The van der Waals surface area contributed by atoms with Crippen LogP contribution in [0, 0.1) is 0 Å². The van der Waals surface area contributed by atoms with Crippen LogP contribution in [0.2, 0.25) is 0 Å². The van der Waals surface area contributed by atoms with Gasteiger partial charge in [-0.05, 0) is 18.6 Å². The van der Waals surface area contributed by atoms with Crippen LogP contribution in [0.1, 0.15) is 40.5 Å². The second kappa shape index (κ2) is 4.81. The van der Waals surface area contributed by atoms with Crippen LogP contribution < -0.4 is 11.5 Å². The Morgan fingerprint density at radius 1 is 1.32 bits per heavy atom. The van der Waals surface area contributed by atoms with Crippen molar-refractivity contribution in [1.82, 2.24) is 4.90 Å². The fraction of sp³-hybridized carbons (Fsp3) is 0.308. The molecule has 1 heterocycles. The molecule has 1 aromatic carbocycles. The topological polar surface area (TPSA) is 106 Å². The second-order valence-electron chi connectivity index (χ2n) is 4.45. The SMILES string of the molecule is CCC[C@@H](N)C(=O)N1C(=O)c2cccc(N)c2C1=O. The fourth-order valence-corrected chi connectivity index (χ4v) is 2.11. The Labute approximate surface area is 110 Å². The zero-order valence-electron chi connectivity index (χ0n) is 10.6. The van der Waals surface area contributed by atoms with Gasteiger partial charge in [-0.1, -0.05) is 19.4 Å². The summed E-state index contributed by atoms with van der Waals surface area (Å²) in [5, 5.41) is 0. The highest BCUT2D eigenvalue weighted by molar-refractivity contribution is 6.31. The highest BCUT2D eigenvalue weighted by atomic mass is 16.2. The molecule has 1 aliphatic heterocycles. The molecule has 3 amide bonds. The van der Waals surface area contributed by atoms with E-state index in [1.807, 2.05) is 6.92 Å². The normalized spacial score (nSPS) is 15.6. The third kappa shape index (κ3) is 2.00. The van der Waals surface area contributed by atoms with Gasteiger partial charge in [0.2, 0.25) is 0 Å². The molecule has 1 atom stereocenters. The molecule has 0 saturated heterocycles. The Hall–Kier alpha value is -2.21. The molecule has 0 unspecified atom stereocenters. The van der Waals surface area contributed by atoms with E-state index in [0.717, 1.165) is 0 Å². The van der Waals surface area contributed by atoms with Crippen molar-refractivity contribution in [3.8, 4) is 0 Å². The van der Waals surface area contributed by atoms with Crippen LogP contribution in [0.4, 0.5) is 5.69 Å². The molecule has 4 N–H and O–H groups in total. The highest BCUT2D eigenvalue weighted by Crippen LogP contribution is 2.28. The van der Waals surface area contributed by atoms with E-state index >= 15 is 0 Å². The molecule has 0 saturated carbocycles. The molecular formula is C13H15N3O3. The fourth-order valence-electron chi connectivity index (χ4n) is 2.11. The molecule has 0 aliphatic carbocycles. The van der Waals surface area contributed by atoms with Gasteiger partial charge in [0.05, 0.1) is 17.2 Å². The lowest BCUT2D eigenvalue weighted by Gasteiger charge is -2.16.